The van der Waals surface area contributed by atoms with Crippen molar-refractivity contribution >= 4 is 23.4 Å². The molecule has 0 bridgehead atoms. The van der Waals surface area contributed by atoms with Gasteiger partial charge >= 0.3 is 0 Å². The molecule has 1 aliphatic carbocycles. The molecule has 2 aromatic carbocycles. The molecule has 1 saturated carbocycles. The van der Waals surface area contributed by atoms with E-state index in [0.29, 0.717) is 45.2 Å². The first kappa shape index (κ1) is 27.3. The number of benzene rings is 2. The highest BCUT2D eigenvalue weighted by molar-refractivity contribution is 6.08. The van der Waals surface area contributed by atoms with E-state index in [9.17, 15) is 18.8 Å². The number of carbonyl (C=O) groups excluding carboxylic acids is 3. The number of piperidine rings is 1. The number of hydrogen-bond acceptors (Lipinski definition) is 4. The molecule has 2 fully saturated rings. The van der Waals surface area contributed by atoms with E-state index >= 15 is 0 Å². The minimum absolute atomic E-state index is 0.00489. The summed E-state index contributed by atoms with van der Waals surface area (Å²) in [7, 11) is 1.86. The SMILES string of the molecule is CNC1CCC(C(N)=O)([C@H](Cc2ccc(F)cc2)C(=O)N2CCC(N3C(=O)C(C)(C)c4ccccc43)CC2)C1. The van der Waals surface area contributed by atoms with Gasteiger partial charge in [0.05, 0.1) is 16.7 Å². The third kappa shape index (κ3) is 4.73. The minimum Gasteiger partial charge on any atom is -0.369 e. The molecule has 39 heavy (non-hydrogen) atoms. The van der Waals surface area contributed by atoms with Crippen LogP contribution in [0.1, 0.15) is 57.1 Å². The van der Waals surface area contributed by atoms with Gasteiger partial charge in [-0.15, -0.1) is 0 Å². The van der Waals surface area contributed by atoms with Gasteiger partial charge in [-0.25, -0.2) is 4.39 Å². The molecule has 2 heterocycles. The molecule has 208 valence electrons. The summed E-state index contributed by atoms with van der Waals surface area (Å²) < 4.78 is 13.6. The first-order valence-electron chi connectivity index (χ1n) is 14.0. The van der Waals surface area contributed by atoms with Crippen molar-refractivity contribution in [3.63, 3.8) is 0 Å². The number of nitrogens with two attached hydrogens (primary N) is 1. The van der Waals surface area contributed by atoms with Gasteiger partial charge in [-0.05, 0) is 88.7 Å². The van der Waals surface area contributed by atoms with Crippen LogP contribution in [0.5, 0.6) is 0 Å². The molecule has 0 radical (unpaired) electrons. The number of fused-ring (bicyclic) bond motifs is 1. The van der Waals surface area contributed by atoms with Crippen LogP contribution in [0.15, 0.2) is 48.5 Å². The van der Waals surface area contributed by atoms with Gasteiger partial charge in [0.15, 0.2) is 0 Å². The van der Waals surface area contributed by atoms with E-state index in [2.05, 4.69) is 5.32 Å². The predicted molar refractivity (Wildman–Crippen MR) is 148 cm³/mol. The molecule has 0 aromatic heterocycles. The summed E-state index contributed by atoms with van der Waals surface area (Å²) in [5.74, 6) is -1.41. The van der Waals surface area contributed by atoms with Gasteiger partial charge in [-0.3, -0.25) is 14.4 Å². The molecule has 2 aromatic rings. The number of para-hydroxylation sites is 1. The lowest BCUT2D eigenvalue weighted by Gasteiger charge is -2.42. The monoisotopic (exact) mass is 534 g/mol. The second kappa shape index (κ2) is 10.4. The van der Waals surface area contributed by atoms with E-state index < -0.39 is 22.7 Å². The van der Waals surface area contributed by atoms with Crippen LogP contribution in [0, 0.1) is 17.2 Å². The fourth-order valence-corrected chi connectivity index (χ4v) is 7.07. The number of likely N-dealkylation sites (tertiary alicyclic amines) is 1. The van der Waals surface area contributed by atoms with Gasteiger partial charge in [-0.2, -0.15) is 0 Å². The number of primary amides is 1. The quantitative estimate of drug-likeness (QED) is 0.568. The minimum atomic E-state index is -0.968. The maximum absolute atomic E-state index is 14.2. The zero-order valence-electron chi connectivity index (χ0n) is 23.1. The van der Waals surface area contributed by atoms with E-state index in [4.69, 9.17) is 5.73 Å². The number of amides is 3. The summed E-state index contributed by atoms with van der Waals surface area (Å²) in [5, 5.41) is 3.25. The second-order valence-electron chi connectivity index (χ2n) is 12.0. The standard InChI is InChI=1S/C31H39FN4O3/c1-30(2)24-6-4-5-7-26(24)36(29(30)39)23-13-16-35(17-14-23)27(37)25(18-20-8-10-21(32)11-9-20)31(28(33)38)15-12-22(19-31)34-3/h4-11,22-23,25,34H,12-19H2,1-3H3,(H2,33,38)/t22?,25-,31?/m1/s1. The molecule has 2 aliphatic heterocycles. The van der Waals surface area contributed by atoms with E-state index in [1.54, 1.807) is 12.1 Å². The van der Waals surface area contributed by atoms with E-state index in [0.717, 1.165) is 23.2 Å². The van der Waals surface area contributed by atoms with E-state index in [-0.39, 0.29) is 29.7 Å². The Morgan fingerprint density at radius 2 is 1.74 bits per heavy atom. The summed E-state index contributed by atoms with van der Waals surface area (Å²) in [6.45, 7) is 4.94. The Balaban J connectivity index is 1.37. The number of nitrogens with zero attached hydrogens (tertiary/aromatic N) is 2. The van der Waals surface area contributed by atoms with Crippen molar-refractivity contribution < 1.29 is 18.8 Å². The molecule has 3 aliphatic rings. The molecule has 3 amide bonds. The number of hydrogen-bond donors (Lipinski definition) is 2. The van der Waals surface area contributed by atoms with Crippen molar-refractivity contribution in [2.24, 2.45) is 17.1 Å². The maximum atomic E-state index is 14.2. The lowest BCUT2D eigenvalue weighted by atomic mass is 9.69. The summed E-state index contributed by atoms with van der Waals surface area (Å²) in [5.41, 5.74) is 7.30. The molecule has 7 nitrogen and oxygen atoms in total. The second-order valence-corrected chi connectivity index (χ2v) is 12.0. The normalized spacial score (nSPS) is 25.5. The Labute approximate surface area is 229 Å². The molecule has 1 saturated heterocycles. The Morgan fingerprint density at radius 3 is 2.36 bits per heavy atom. The molecular weight excluding hydrogens is 495 g/mol. The van der Waals surface area contributed by atoms with Crippen LogP contribution in [0.3, 0.4) is 0 Å². The van der Waals surface area contributed by atoms with Crippen molar-refractivity contribution in [3.05, 3.63) is 65.5 Å². The first-order chi connectivity index (χ1) is 18.6. The zero-order valence-corrected chi connectivity index (χ0v) is 23.1. The largest absolute Gasteiger partial charge is 0.369 e. The van der Waals surface area contributed by atoms with Gasteiger partial charge in [0.25, 0.3) is 0 Å². The van der Waals surface area contributed by atoms with Crippen molar-refractivity contribution in [1.29, 1.82) is 0 Å². The van der Waals surface area contributed by atoms with Crippen LogP contribution in [0.2, 0.25) is 0 Å². The van der Waals surface area contributed by atoms with E-state index in [1.807, 2.05) is 55.0 Å². The number of nitrogens with one attached hydrogen (secondary N) is 1. The fourth-order valence-electron chi connectivity index (χ4n) is 7.07. The summed E-state index contributed by atoms with van der Waals surface area (Å²) in [6.07, 6.45) is 3.45. The lowest BCUT2D eigenvalue weighted by Crippen LogP contribution is -2.54. The van der Waals surface area contributed by atoms with Crippen molar-refractivity contribution in [1.82, 2.24) is 10.2 Å². The number of halogens is 1. The summed E-state index contributed by atoms with van der Waals surface area (Å²) in [6, 6.07) is 14.2. The first-order valence-corrected chi connectivity index (χ1v) is 14.0. The van der Waals surface area contributed by atoms with Crippen LogP contribution in [-0.4, -0.2) is 54.8 Å². The zero-order chi connectivity index (χ0) is 27.9. The molecule has 8 heteroatoms. The molecule has 5 rings (SSSR count). The topological polar surface area (TPSA) is 95.7 Å². The Morgan fingerprint density at radius 1 is 1.08 bits per heavy atom. The molecule has 0 spiro atoms. The van der Waals surface area contributed by atoms with Crippen LogP contribution >= 0.6 is 0 Å². The van der Waals surface area contributed by atoms with Gasteiger partial charge in [-0.1, -0.05) is 30.3 Å². The third-order valence-corrected chi connectivity index (χ3v) is 9.50. The number of anilines is 1. The maximum Gasteiger partial charge on any atom is 0.237 e. The van der Waals surface area contributed by atoms with Gasteiger partial charge in [0.1, 0.15) is 5.82 Å². The number of rotatable bonds is 7. The van der Waals surface area contributed by atoms with Gasteiger partial charge in [0, 0.05) is 30.9 Å². The molecular formula is C31H39FN4O3. The van der Waals surface area contributed by atoms with Crippen LogP contribution in [0.25, 0.3) is 0 Å². The fraction of sp³-hybridized carbons (Fsp3) is 0.516. The highest BCUT2D eigenvalue weighted by Crippen LogP contribution is 2.47. The lowest BCUT2D eigenvalue weighted by molar-refractivity contribution is -0.148. The smallest absolute Gasteiger partial charge is 0.237 e. The molecule has 3 N–H and O–H groups in total. The average Bonchev–Trinajstić information content (AvgIpc) is 3.46. The molecule has 3 atom stereocenters. The highest BCUT2D eigenvalue weighted by Gasteiger charge is 2.53. The number of carbonyl (C=O) groups is 3. The summed E-state index contributed by atoms with van der Waals surface area (Å²) in [4.78, 5) is 44.4. The van der Waals surface area contributed by atoms with Gasteiger partial charge < -0.3 is 20.9 Å². The van der Waals surface area contributed by atoms with Crippen molar-refractivity contribution in [2.45, 2.75) is 69.9 Å². The highest BCUT2D eigenvalue weighted by atomic mass is 19.1. The van der Waals surface area contributed by atoms with Crippen LogP contribution in [0.4, 0.5) is 10.1 Å². The van der Waals surface area contributed by atoms with Crippen LogP contribution in [-0.2, 0) is 26.2 Å². The molecule has 2 unspecified atom stereocenters. The van der Waals surface area contributed by atoms with E-state index in [1.165, 1.54) is 12.1 Å². The van der Waals surface area contributed by atoms with Gasteiger partial charge in [0.2, 0.25) is 17.7 Å². The third-order valence-electron chi connectivity index (χ3n) is 9.50. The Kier molecular flexibility index (Phi) is 7.27. The predicted octanol–water partition coefficient (Wildman–Crippen LogP) is 3.54. The van der Waals surface area contributed by atoms with Crippen molar-refractivity contribution in [2.75, 3.05) is 25.0 Å². The average molecular weight is 535 g/mol. The summed E-state index contributed by atoms with van der Waals surface area (Å²) >= 11 is 0. The Hall–Kier alpha value is -3.26. The van der Waals surface area contributed by atoms with Crippen LogP contribution < -0.4 is 16.0 Å². The Bertz CT molecular complexity index is 1250. The van der Waals surface area contributed by atoms with Crippen molar-refractivity contribution in [3.8, 4) is 0 Å².